The van der Waals surface area contributed by atoms with Crippen molar-refractivity contribution in [3.8, 4) is 0 Å². The van der Waals surface area contributed by atoms with Gasteiger partial charge in [-0.2, -0.15) is 9.90 Å². The molecule has 0 aromatic rings. The highest BCUT2D eigenvalue weighted by atomic mass is 31.0. The lowest BCUT2D eigenvalue weighted by Gasteiger charge is -2.12. The molecule has 0 spiro atoms. The molecule has 9 heavy (non-hydrogen) atoms. The van der Waals surface area contributed by atoms with Crippen LogP contribution in [0.25, 0.3) is 0 Å². The van der Waals surface area contributed by atoms with Crippen molar-refractivity contribution in [3.63, 3.8) is 0 Å². The van der Waals surface area contributed by atoms with E-state index < -0.39 is 0 Å². The molecule has 0 saturated carbocycles. The van der Waals surface area contributed by atoms with Crippen LogP contribution in [-0.2, 0) is 14.5 Å². The van der Waals surface area contributed by atoms with E-state index >= 15 is 0 Å². The van der Waals surface area contributed by atoms with Crippen LogP contribution in [0.4, 0.5) is 0 Å². The summed E-state index contributed by atoms with van der Waals surface area (Å²) < 4.78 is 0. The molecule has 0 aliphatic heterocycles. The van der Waals surface area contributed by atoms with Gasteiger partial charge in [-0.3, -0.25) is 14.5 Å². The first-order chi connectivity index (χ1) is 3.85. The van der Waals surface area contributed by atoms with Crippen molar-refractivity contribution in [1.82, 2.24) is 5.39 Å². The van der Waals surface area contributed by atoms with Gasteiger partial charge in [0.05, 0.1) is 26.2 Å². The first kappa shape index (κ1) is 12.0. The zero-order valence-corrected chi connectivity index (χ0v) is 7.50. The van der Waals surface area contributed by atoms with Crippen LogP contribution in [0.3, 0.4) is 0 Å². The molecule has 0 radical (unpaired) electrons. The van der Waals surface area contributed by atoms with Gasteiger partial charge in [-0.05, 0) is 6.92 Å². The summed E-state index contributed by atoms with van der Waals surface area (Å²) in [5, 5.41) is 0.931. The van der Waals surface area contributed by atoms with Gasteiger partial charge >= 0.3 is 0 Å². The molecule has 0 aliphatic carbocycles. The third kappa shape index (κ3) is 6.15. The van der Waals surface area contributed by atoms with E-state index in [1.54, 1.807) is 0 Å². The topological polar surface area (TPSA) is 30.9 Å². The van der Waals surface area contributed by atoms with Gasteiger partial charge in [-0.25, -0.2) is 0 Å². The predicted molar refractivity (Wildman–Crippen MR) is 38.6 cm³/mol. The molecule has 0 amide bonds. The summed E-state index contributed by atoms with van der Waals surface area (Å²) >= 11 is 0. The third-order valence-electron chi connectivity index (χ3n) is 0.533. The van der Waals surface area contributed by atoms with Crippen molar-refractivity contribution >= 4 is 9.90 Å². The van der Waals surface area contributed by atoms with Crippen LogP contribution in [0.5, 0.6) is 0 Å². The van der Waals surface area contributed by atoms with E-state index in [9.17, 15) is 0 Å². The molecule has 4 nitrogen and oxygen atoms in total. The molecule has 5 heteroatoms. The first-order valence-corrected chi connectivity index (χ1v) is 2.36. The van der Waals surface area contributed by atoms with Crippen molar-refractivity contribution < 1.29 is 14.5 Å². The molecular formula is C4H14NO3P. The second kappa shape index (κ2) is 8.27. The second-order valence-corrected chi connectivity index (χ2v) is 1.01. The molecule has 0 saturated heterocycles. The monoisotopic (exact) mass is 155 g/mol. The Morgan fingerprint density at radius 1 is 1.22 bits per heavy atom. The molecule has 0 bridgehead atoms. The molecular weight excluding hydrogens is 141 g/mol. The highest BCUT2D eigenvalue weighted by Crippen LogP contribution is 1.87. The van der Waals surface area contributed by atoms with Crippen LogP contribution in [0.15, 0.2) is 0 Å². The van der Waals surface area contributed by atoms with Gasteiger partial charge in [-0.15, -0.1) is 0 Å². The van der Waals surface area contributed by atoms with Crippen molar-refractivity contribution in [2.24, 2.45) is 0 Å². The number of hydrogen-bond acceptors (Lipinski definition) is 4. The number of nitrogens with zero attached hydrogens (tertiary/aromatic N) is 1. The molecule has 0 aromatic heterocycles. The van der Waals surface area contributed by atoms with Gasteiger partial charge in [0.15, 0.2) is 0 Å². The van der Waals surface area contributed by atoms with Gasteiger partial charge in [0.1, 0.15) is 0 Å². The average molecular weight is 155 g/mol. The molecule has 0 N–H and O–H groups in total. The molecule has 58 valence electrons. The summed E-state index contributed by atoms with van der Waals surface area (Å²) in [7, 11) is 2.92. The smallest absolute Gasteiger partial charge is 0.0761 e. The van der Waals surface area contributed by atoms with Crippen molar-refractivity contribution in [2.45, 2.75) is 6.92 Å². The van der Waals surface area contributed by atoms with E-state index in [0.29, 0.717) is 6.61 Å². The van der Waals surface area contributed by atoms with E-state index in [2.05, 4.69) is 9.68 Å². The van der Waals surface area contributed by atoms with Crippen LogP contribution in [0, 0.1) is 0 Å². The Balaban J connectivity index is 0. The minimum absolute atomic E-state index is 0. The fourth-order valence-corrected chi connectivity index (χ4v) is 0.285. The second-order valence-electron chi connectivity index (χ2n) is 1.01. The van der Waals surface area contributed by atoms with E-state index in [0.717, 1.165) is 5.39 Å². The summed E-state index contributed by atoms with van der Waals surface area (Å²) in [6.07, 6.45) is 0. The van der Waals surface area contributed by atoms with E-state index in [1.807, 2.05) is 6.92 Å². The van der Waals surface area contributed by atoms with Gasteiger partial charge in [0.25, 0.3) is 0 Å². The zero-order chi connectivity index (χ0) is 6.41. The Labute approximate surface area is 58.5 Å². The van der Waals surface area contributed by atoms with Crippen LogP contribution in [0.2, 0.25) is 0 Å². The quantitative estimate of drug-likeness (QED) is 0.435. The van der Waals surface area contributed by atoms with E-state index in [1.165, 1.54) is 14.2 Å². The molecule has 1 unspecified atom stereocenters. The molecule has 0 aliphatic rings. The minimum Gasteiger partial charge on any atom is -0.254 e. The summed E-state index contributed by atoms with van der Waals surface area (Å²) in [5.41, 5.74) is 0. The molecule has 1 atom stereocenters. The maximum atomic E-state index is 4.73. The maximum absolute atomic E-state index is 4.73. The van der Waals surface area contributed by atoms with Crippen molar-refractivity contribution in [2.75, 3.05) is 20.8 Å². The van der Waals surface area contributed by atoms with E-state index in [4.69, 9.17) is 4.84 Å². The Bertz CT molecular complexity index is 51.1. The Morgan fingerprint density at radius 3 is 1.78 bits per heavy atom. The lowest BCUT2D eigenvalue weighted by atomic mass is 10.9. The fourth-order valence-electron chi connectivity index (χ4n) is 0.285. The molecule has 0 heterocycles. The van der Waals surface area contributed by atoms with Crippen molar-refractivity contribution in [3.05, 3.63) is 0 Å². The van der Waals surface area contributed by atoms with Crippen LogP contribution >= 0.6 is 9.90 Å². The molecule has 0 rings (SSSR count). The highest BCUT2D eigenvalue weighted by Gasteiger charge is 1.95. The average Bonchev–Trinajstić information content (AvgIpc) is 1.83. The van der Waals surface area contributed by atoms with E-state index in [-0.39, 0.29) is 9.90 Å². The molecule has 0 aromatic carbocycles. The largest absolute Gasteiger partial charge is 0.254 e. The van der Waals surface area contributed by atoms with Crippen LogP contribution in [-0.4, -0.2) is 26.2 Å². The normalized spacial score (nSPS) is 9.33. The maximum Gasteiger partial charge on any atom is 0.0761 e. The third-order valence-corrected chi connectivity index (χ3v) is 0.533. The summed E-state index contributed by atoms with van der Waals surface area (Å²) in [6, 6.07) is 0. The molecule has 0 fully saturated rings. The Kier molecular flexibility index (Phi) is 11.0. The summed E-state index contributed by atoms with van der Waals surface area (Å²) in [4.78, 5) is 13.8. The van der Waals surface area contributed by atoms with Crippen LogP contribution in [0.1, 0.15) is 6.92 Å². The first-order valence-electron chi connectivity index (χ1n) is 2.36. The Morgan fingerprint density at radius 2 is 1.67 bits per heavy atom. The van der Waals surface area contributed by atoms with Gasteiger partial charge < -0.3 is 0 Å². The fraction of sp³-hybridized carbons (Fsp3) is 1.00. The van der Waals surface area contributed by atoms with Crippen LogP contribution < -0.4 is 0 Å². The van der Waals surface area contributed by atoms with Gasteiger partial charge in [0.2, 0.25) is 0 Å². The van der Waals surface area contributed by atoms with Gasteiger partial charge in [-0.1, -0.05) is 0 Å². The number of rotatable bonds is 4. The SMILES string of the molecule is CCON(OC)OC.P. The summed E-state index contributed by atoms with van der Waals surface area (Å²) in [6.45, 7) is 2.37. The summed E-state index contributed by atoms with van der Waals surface area (Å²) in [5.74, 6) is 0. The highest BCUT2D eigenvalue weighted by molar-refractivity contribution is 6.92. The standard InChI is InChI=1S/C4H11NO3.H3P/c1-4-8-5(6-2)7-3;/h4H2,1-3H3;1H3. The zero-order valence-electron chi connectivity index (χ0n) is 6.09. The minimum atomic E-state index is 0. The van der Waals surface area contributed by atoms with Crippen molar-refractivity contribution in [1.29, 1.82) is 0 Å². The predicted octanol–water partition coefficient (Wildman–Crippen LogP) is 0.421. The number of hydrogen-bond donors (Lipinski definition) is 0. The van der Waals surface area contributed by atoms with Gasteiger partial charge in [0, 0.05) is 0 Å². The lowest BCUT2D eigenvalue weighted by molar-refractivity contribution is -0.509. The lowest BCUT2D eigenvalue weighted by Crippen LogP contribution is -2.20. The Hall–Kier alpha value is 0.270.